The van der Waals surface area contributed by atoms with Crippen molar-refractivity contribution >= 4 is 88.6 Å². The van der Waals surface area contributed by atoms with Gasteiger partial charge in [-0.05, 0) is 74.8 Å². The van der Waals surface area contributed by atoms with E-state index in [1.807, 2.05) is 52.0 Å². The number of hydrogen-bond donors (Lipinski definition) is 2. The number of anilines is 1. The minimum absolute atomic E-state index is 0. The van der Waals surface area contributed by atoms with Gasteiger partial charge in [0.1, 0.15) is 18.0 Å². The first kappa shape index (κ1) is 33.6. The molecule has 2 aromatic carbocycles. The zero-order valence-corrected chi connectivity index (χ0v) is 27.5. The van der Waals surface area contributed by atoms with Gasteiger partial charge in [0.25, 0.3) is 20.2 Å². The Morgan fingerprint density at radius 2 is 1.33 bits per heavy atom. The van der Waals surface area contributed by atoms with E-state index in [0.717, 1.165) is 43.6 Å². The fraction of sp³-hybridized carbons (Fsp3) is 0.296. The Labute approximate surface area is 273 Å². The van der Waals surface area contributed by atoms with Crippen molar-refractivity contribution in [3.8, 4) is 5.75 Å². The third-order valence-corrected chi connectivity index (χ3v) is 8.21. The molecule has 0 fully saturated rings. The standard InChI is InChI=1S/C27H32N2O7S2.K/c1-5-28(6-2)21-13-9-19(10-14-21)27(20-11-15-22(16-12-20)29(7-3)8-4)23-17-24(30)26(38(34,35)36)18-25(23)37(31,32)33;/h9-18H,5-8H2,1-4H3,(H2-,30,31,32,33,34,35,36);. The molecule has 12 heteroatoms. The first-order chi connectivity index (χ1) is 17.8. The summed E-state index contributed by atoms with van der Waals surface area (Å²) in [5.41, 5.74) is 3.08. The van der Waals surface area contributed by atoms with Gasteiger partial charge < -0.3 is 10.0 Å². The minimum Gasteiger partial charge on any atom is -0.872 e. The maximum absolute atomic E-state index is 12.7. The fourth-order valence-electron chi connectivity index (χ4n) is 4.48. The average molecular weight is 600 g/mol. The summed E-state index contributed by atoms with van der Waals surface area (Å²) in [7, 11) is -10.0. The van der Waals surface area contributed by atoms with E-state index in [2.05, 4.69) is 9.48 Å². The fourth-order valence-corrected chi connectivity index (χ4v) is 5.84. The second-order valence-electron chi connectivity index (χ2n) is 8.56. The number of nitrogens with zero attached hydrogens (tertiary/aromatic N) is 2. The summed E-state index contributed by atoms with van der Waals surface area (Å²) in [5, 5.41) is 12.7. The van der Waals surface area contributed by atoms with Gasteiger partial charge in [-0.1, -0.05) is 23.9 Å². The molecule has 1 aliphatic rings. The van der Waals surface area contributed by atoms with E-state index >= 15 is 0 Å². The van der Waals surface area contributed by atoms with Crippen LogP contribution in [-0.2, 0) is 20.2 Å². The molecule has 0 unspecified atom stereocenters. The Bertz CT molecular complexity index is 1530. The minimum atomic E-state index is -5.04. The molecule has 0 saturated carbocycles. The molecule has 3 rings (SSSR count). The average Bonchev–Trinajstić information content (AvgIpc) is 2.86. The number of hydrogen-bond acceptors (Lipinski definition) is 6. The van der Waals surface area contributed by atoms with Crippen molar-refractivity contribution in [2.45, 2.75) is 37.5 Å². The summed E-state index contributed by atoms with van der Waals surface area (Å²) in [6.45, 7) is 11.2. The van der Waals surface area contributed by atoms with E-state index < -0.39 is 35.8 Å². The molecule has 0 amide bonds. The molecule has 0 aliphatic heterocycles. The number of benzene rings is 2. The van der Waals surface area contributed by atoms with Crippen LogP contribution >= 0.6 is 0 Å². The summed E-state index contributed by atoms with van der Waals surface area (Å²) in [4.78, 5) is 0.185. The molecule has 1 aliphatic carbocycles. The molecular formula is C27H32KN2O7S2. The summed E-state index contributed by atoms with van der Waals surface area (Å²) in [5.74, 6) is -1.10. The van der Waals surface area contributed by atoms with Gasteiger partial charge in [-0.2, -0.15) is 16.8 Å². The van der Waals surface area contributed by atoms with Crippen molar-refractivity contribution in [1.29, 1.82) is 0 Å². The van der Waals surface area contributed by atoms with Gasteiger partial charge in [0, 0.05) is 87.9 Å². The topological polar surface area (TPSA) is 138 Å². The SMILES string of the molecule is CCN(CC)c1ccc(C(=C2C=CC(=[N+](CC)CC)C=C2)c2cc([O-])c(S(=O)(=O)O)cc2S(=O)(=O)O)cc1.[K]. The van der Waals surface area contributed by atoms with Crippen molar-refractivity contribution in [2.75, 3.05) is 31.1 Å². The molecule has 9 nitrogen and oxygen atoms in total. The molecular weight excluding hydrogens is 568 g/mol. The molecule has 1 radical (unpaired) electrons. The van der Waals surface area contributed by atoms with E-state index in [1.165, 1.54) is 0 Å². The largest absolute Gasteiger partial charge is 0.872 e. The van der Waals surface area contributed by atoms with Crippen LogP contribution in [0.15, 0.2) is 76.1 Å². The zero-order chi connectivity index (χ0) is 28.3. The smallest absolute Gasteiger partial charge is 0.295 e. The second-order valence-corrected chi connectivity index (χ2v) is 11.3. The van der Waals surface area contributed by atoms with Crippen LogP contribution in [0.1, 0.15) is 38.8 Å². The monoisotopic (exact) mass is 599 g/mol. The molecule has 2 N–H and O–H groups in total. The van der Waals surface area contributed by atoms with Crippen molar-refractivity contribution in [3.63, 3.8) is 0 Å². The molecule has 0 spiro atoms. The van der Waals surface area contributed by atoms with Crippen LogP contribution in [0.3, 0.4) is 0 Å². The third kappa shape index (κ3) is 7.78. The summed E-state index contributed by atoms with van der Waals surface area (Å²) in [6.07, 6.45) is 7.28. The maximum Gasteiger partial charge on any atom is 0.295 e. The normalized spacial score (nSPS) is 13.3. The predicted molar refractivity (Wildman–Crippen MR) is 152 cm³/mol. The van der Waals surface area contributed by atoms with Crippen molar-refractivity contribution in [1.82, 2.24) is 0 Å². The van der Waals surface area contributed by atoms with Crippen LogP contribution in [0.5, 0.6) is 5.75 Å². The van der Waals surface area contributed by atoms with E-state index in [1.54, 1.807) is 24.3 Å². The summed E-state index contributed by atoms with van der Waals surface area (Å²) in [6, 6.07) is 8.59. The Hall–Kier alpha value is -1.61. The summed E-state index contributed by atoms with van der Waals surface area (Å²) >= 11 is 0. The Morgan fingerprint density at radius 1 is 0.821 bits per heavy atom. The molecule has 0 aromatic heterocycles. The molecule has 0 bridgehead atoms. The Kier molecular flexibility index (Phi) is 11.9. The van der Waals surface area contributed by atoms with Gasteiger partial charge in [0.2, 0.25) is 0 Å². The summed E-state index contributed by atoms with van der Waals surface area (Å²) < 4.78 is 69.9. The van der Waals surface area contributed by atoms with E-state index in [0.29, 0.717) is 22.8 Å². The predicted octanol–water partition coefficient (Wildman–Crippen LogP) is 3.14. The van der Waals surface area contributed by atoms with Gasteiger partial charge in [0.15, 0.2) is 5.71 Å². The van der Waals surface area contributed by atoms with Crippen molar-refractivity contribution < 1.29 is 35.6 Å². The van der Waals surface area contributed by atoms with Gasteiger partial charge in [-0.15, -0.1) is 0 Å². The maximum atomic E-state index is 12.7. The molecule has 2 aromatic rings. The van der Waals surface area contributed by atoms with Crippen LogP contribution in [0, 0.1) is 0 Å². The van der Waals surface area contributed by atoms with Crippen LogP contribution in [0.25, 0.3) is 5.57 Å². The van der Waals surface area contributed by atoms with Crippen LogP contribution in [0.4, 0.5) is 5.69 Å². The van der Waals surface area contributed by atoms with E-state index in [-0.39, 0.29) is 56.9 Å². The molecule has 0 heterocycles. The number of rotatable bonds is 9. The van der Waals surface area contributed by atoms with E-state index in [4.69, 9.17) is 0 Å². The molecule has 0 saturated heterocycles. The van der Waals surface area contributed by atoms with E-state index in [9.17, 15) is 31.0 Å². The quantitative estimate of drug-likeness (QED) is 0.255. The molecule has 39 heavy (non-hydrogen) atoms. The van der Waals surface area contributed by atoms with Gasteiger partial charge >= 0.3 is 0 Å². The van der Waals surface area contributed by atoms with Crippen LogP contribution in [-0.4, -0.2) is 114 Å². The van der Waals surface area contributed by atoms with Gasteiger partial charge in [-0.3, -0.25) is 9.11 Å². The second kappa shape index (κ2) is 13.8. The van der Waals surface area contributed by atoms with Crippen molar-refractivity contribution in [2.24, 2.45) is 0 Å². The van der Waals surface area contributed by atoms with Crippen molar-refractivity contribution in [3.05, 3.63) is 77.4 Å². The molecule has 205 valence electrons. The zero-order valence-electron chi connectivity index (χ0n) is 22.7. The van der Waals surface area contributed by atoms with Gasteiger partial charge in [0.05, 0.1) is 4.90 Å². The first-order valence-corrected chi connectivity index (χ1v) is 15.1. The van der Waals surface area contributed by atoms with Crippen LogP contribution < -0.4 is 10.0 Å². The first-order valence-electron chi connectivity index (χ1n) is 12.2. The number of allylic oxidation sites excluding steroid dienone is 5. The molecule has 0 atom stereocenters. The van der Waals surface area contributed by atoms with Crippen LogP contribution in [0.2, 0.25) is 0 Å². The Balaban J connectivity index is 0.00000533. The third-order valence-electron chi connectivity index (χ3n) is 6.44. The van der Waals surface area contributed by atoms with Gasteiger partial charge in [-0.25, -0.2) is 4.58 Å². The Morgan fingerprint density at radius 3 is 1.77 bits per heavy atom.